The Kier molecular flexibility index (Phi) is 8.91. The molecule has 1 aromatic rings. The summed E-state index contributed by atoms with van der Waals surface area (Å²) in [5, 5.41) is 4.14. The van der Waals surface area contributed by atoms with Crippen LogP contribution in [0.4, 0.5) is 0 Å². The molecule has 9 heteroatoms. The molecule has 0 aromatic carbocycles. The predicted octanol–water partition coefficient (Wildman–Crippen LogP) is 3.51. The first-order valence-corrected chi connectivity index (χ1v) is 10.7. The van der Waals surface area contributed by atoms with Crippen LogP contribution in [0.25, 0.3) is 0 Å². The number of aryl methyl sites for hydroxylation is 1. The Bertz CT molecular complexity index is 620. The van der Waals surface area contributed by atoms with E-state index < -0.39 is 6.72 Å². The van der Waals surface area contributed by atoms with Crippen molar-refractivity contribution in [1.29, 1.82) is 0 Å². The average Bonchev–Trinajstić information content (AvgIpc) is 2.49. The monoisotopic (exact) mass is 378 g/mol. The van der Waals surface area contributed by atoms with Crippen LogP contribution in [0.1, 0.15) is 47.0 Å². The smallest absolute Gasteiger partial charge is 0.381 e. The molecule has 0 radical (unpaired) electrons. The van der Waals surface area contributed by atoms with Crippen molar-refractivity contribution in [3.63, 3.8) is 0 Å². The van der Waals surface area contributed by atoms with Gasteiger partial charge in [-0.15, -0.1) is 0 Å². The second-order valence-corrected chi connectivity index (χ2v) is 8.28. The maximum atomic E-state index is 12.5. The zero-order valence-corrected chi connectivity index (χ0v) is 16.7. The molecule has 0 amide bonds. The van der Waals surface area contributed by atoms with Gasteiger partial charge in [0, 0.05) is 18.4 Å². The van der Waals surface area contributed by atoms with Crippen molar-refractivity contribution < 1.29 is 18.3 Å². The summed E-state index contributed by atoms with van der Waals surface area (Å²) in [5.74, 6) is 0.203. The van der Waals surface area contributed by atoms with Crippen LogP contribution in [-0.2, 0) is 27.4 Å². The van der Waals surface area contributed by atoms with Gasteiger partial charge >= 0.3 is 12.3 Å². The van der Waals surface area contributed by atoms with Gasteiger partial charge in [0.05, 0.1) is 26.0 Å². The normalized spacial score (nSPS) is 13.8. The van der Waals surface area contributed by atoms with Crippen molar-refractivity contribution in [1.82, 2.24) is 9.78 Å². The summed E-state index contributed by atoms with van der Waals surface area (Å²) in [6.45, 7) is 5.42. The molecule has 0 aliphatic heterocycles. The van der Waals surface area contributed by atoms with Crippen LogP contribution in [-0.4, -0.2) is 29.6 Å². The maximum absolute atomic E-state index is 12.5. The van der Waals surface area contributed by atoms with Gasteiger partial charge in [0.15, 0.2) is 5.75 Å². The second-order valence-electron chi connectivity index (χ2n) is 5.39. The first-order valence-electron chi connectivity index (χ1n) is 8.13. The molecule has 1 atom stereocenters. The standard InChI is InChI=1S/C15H27N2O5PS/c1-6-8-9-10-17-15(18)14(19-5)13(11-16-17)22-23(24,20-7-2)21-12(3)4/h11-12H,6-10H2,1-5H3. The van der Waals surface area contributed by atoms with E-state index in [2.05, 4.69) is 12.0 Å². The van der Waals surface area contributed by atoms with Crippen LogP contribution >= 0.6 is 6.72 Å². The first kappa shape index (κ1) is 21.1. The predicted molar refractivity (Wildman–Crippen MR) is 97.3 cm³/mol. The number of aromatic nitrogens is 2. The molecule has 0 saturated heterocycles. The third-order valence-electron chi connectivity index (χ3n) is 2.98. The highest BCUT2D eigenvalue weighted by molar-refractivity contribution is 8.07. The molecule has 0 saturated carbocycles. The molecule has 1 heterocycles. The Morgan fingerprint density at radius 3 is 2.58 bits per heavy atom. The van der Waals surface area contributed by atoms with Crippen LogP contribution in [0.2, 0.25) is 0 Å². The molecule has 0 aliphatic carbocycles. The van der Waals surface area contributed by atoms with Crippen molar-refractivity contribution in [2.45, 2.75) is 59.6 Å². The Hall–Kier alpha value is -0.950. The van der Waals surface area contributed by atoms with Gasteiger partial charge in [-0.2, -0.15) is 5.10 Å². The van der Waals surface area contributed by atoms with Crippen molar-refractivity contribution in [3.8, 4) is 11.5 Å². The van der Waals surface area contributed by atoms with Gasteiger partial charge in [0.1, 0.15) is 0 Å². The Labute approximate surface area is 148 Å². The second kappa shape index (κ2) is 10.1. The van der Waals surface area contributed by atoms with E-state index in [0.717, 1.165) is 19.3 Å². The molecule has 138 valence electrons. The van der Waals surface area contributed by atoms with E-state index in [-0.39, 0.29) is 23.2 Å². The highest BCUT2D eigenvalue weighted by atomic mass is 32.5. The molecule has 24 heavy (non-hydrogen) atoms. The number of hydrogen-bond acceptors (Lipinski definition) is 7. The SMILES string of the molecule is CCCCCn1ncc(OP(=S)(OCC)OC(C)C)c(OC)c1=O. The number of unbranched alkanes of at least 4 members (excludes halogenated alkanes) is 2. The summed E-state index contributed by atoms with van der Waals surface area (Å²) in [7, 11) is 1.41. The Morgan fingerprint density at radius 1 is 1.33 bits per heavy atom. The first-order chi connectivity index (χ1) is 11.4. The summed E-state index contributed by atoms with van der Waals surface area (Å²) < 4.78 is 23.4. The molecule has 1 unspecified atom stereocenters. The van der Waals surface area contributed by atoms with Gasteiger partial charge in [-0.1, -0.05) is 19.8 Å². The number of methoxy groups -OCH3 is 1. The lowest BCUT2D eigenvalue weighted by atomic mass is 10.2. The molecular formula is C15H27N2O5PS. The van der Waals surface area contributed by atoms with E-state index in [0.29, 0.717) is 13.2 Å². The largest absolute Gasteiger partial charge is 0.488 e. The highest BCUT2D eigenvalue weighted by Gasteiger charge is 2.27. The zero-order valence-electron chi connectivity index (χ0n) is 15.0. The Balaban J connectivity index is 3.08. The van der Waals surface area contributed by atoms with Gasteiger partial charge in [0.2, 0.25) is 5.75 Å². The molecule has 1 aromatic heterocycles. The fourth-order valence-corrected chi connectivity index (χ4v) is 4.43. The lowest BCUT2D eigenvalue weighted by Gasteiger charge is -2.24. The minimum absolute atomic E-state index is 0.0581. The van der Waals surface area contributed by atoms with Gasteiger partial charge in [-0.25, -0.2) is 4.68 Å². The molecule has 0 aliphatic rings. The van der Waals surface area contributed by atoms with Crippen LogP contribution in [0.5, 0.6) is 11.5 Å². The summed E-state index contributed by atoms with van der Waals surface area (Å²) in [6.07, 6.45) is 4.23. The van der Waals surface area contributed by atoms with Crippen molar-refractivity contribution in [3.05, 3.63) is 16.6 Å². The van der Waals surface area contributed by atoms with E-state index in [1.807, 2.05) is 13.8 Å². The molecular weight excluding hydrogens is 351 g/mol. The number of hydrogen-bond donors (Lipinski definition) is 0. The van der Waals surface area contributed by atoms with Crippen LogP contribution in [0.15, 0.2) is 11.0 Å². The van der Waals surface area contributed by atoms with Crippen molar-refractivity contribution in [2.24, 2.45) is 0 Å². The van der Waals surface area contributed by atoms with Crippen molar-refractivity contribution in [2.75, 3.05) is 13.7 Å². The summed E-state index contributed by atoms with van der Waals surface area (Å²) in [6, 6.07) is 0. The highest BCUT2D eigenvalue weighted by Crippen LogP contribution is 2.51. The number of rotatable bonds is 11. The summed E-state index contributed by atoms with van der Waals surface area (Å²) in [5.41, 5.74) is -0.353. The quantitative estimate of drug-likeness (QED) is 0.431. The van der Waals surface area contributed by atoms with Gasteiger partial charge in [0.25, 0.3) is 0 Å². The maximum Gasteiger partial charge on any atom is 0.381 e. The third kappa shape index (κ3) is 6.16. The molecule has 0 fully saturated rings. The van der Waals surface area contributed by atoms with E-state index in [1.54, 1.807) is 6.92 Å². The Morgan fingerprint density at radius 2 is 2.04 bits per heavy atom. The van der Waals surface area contributed by atoms with Gasteiger partial charge in [-0.3, -0.25) is 13.8 Å². The lowest BCUT2D eigenvalue weighted by Crippen LogP contribution is -2.24. The summed E-state index contributed by atoms with van der Waals surface area (Å²) in [4.78, 5) is 12.5. The minimum atomic E-state index is -3.03. The van der Waals surface area contributed by atoms with E-state index in [9.17, 15) is 4.79 Å². The van der Waals surface area contributed by atoms with Gasteiger partial charge < -0.3 is 9.26 Å². The van der Waals surface area contributed by atoms with Crippen LogP contribution in [0, 0.1) is 0 Å². The molecule has 0 spiro atoms. The van der Waals surface area contributed by atoms with Crippen LogP contribution < -0.4 is 14.8 Å². The third-order valence-corrected chi connectivity index (χ3v) is 5.45. The van der Waals surface area contributed by atoms with E-state index in [1.165, 1.54) is 18.0 Å². The fourth-order valence-electron chi connectivity index (χ4n) is 1.99. The number of ether oxygens (including phenoxy) is 1. The van der Waals surface area contributed by atoms with E-state index in [4.69, 9.17) is 30.1 Å². The molecule has 0 bridgehead atoms. The van der Waals surface area contributed by atoms with Gasteiger partial charge in [-0.05, 0) is 27.2 Å². The molecule has 7 nitrogen and oxygen atoms in total. The number of nitrogens with zero attached hydrogens (tertiary/aromatic N) is 2. The molecule has 0 N–H and O–H groups in total. The van der Waals surface area contributed by atoms with E-state index >= 15 is 0 Å². The van der Waals surface area contributed by atoms with Crippen LogP contribution in [0.3, 0.4) is 0 Å². The topological polar surface area (TPSA) is 71.8 Å². The lowest BCUT2D eigenvalue weighted by molar-refractivity contribution is 0.169. The zero-order chi connectivity index (χ0) is 18.2. The average molecular weight is 378 g/mol. The minimum Gasteiger partial charge on any atom is -0.488 e. The fraction of sp³-hybridized carbons (Fsp3) is 0.733. The summed E-state index contributed by atoms with van der Waals surface area (Å²) >= 11 is 5.38. The molecule has 1 rings (SSSR count). The van der Waals surface area contributed by atoms with Crippen molar-refractivity contribution >= 4 is 18.5 Å².